The smallest absolute Gasteiger partial charge is 0.431 e. The summed E-state index contributed by atoms with van der Waals surface area (Å²) in [4.78, 5) is 0. The van der Waals surface area contributed by atoms with E-state index in [9.17, 15) is 65.5 Å². The van der Waals surface area contributed by atoms with Crippen LogP contribution in [0.5, 0.6) is 0 Å². The zero-order chi connectivity index (χ0) is 28.3. The van der Waals surface area contributed by atoms with Crippen LogP contribution in [0.1, 0.15) is 25.7 Å². The first kappa shape index (κ1) is 37.4. The molecule has 0 heterocycles. The minimum atomic E-state index is -6.90. The molecule has 1 N–H and O–H groups in total. The average Bonchev–Trinajstić information content (AvgIpc) is 2.56. The van der Waals surface area contributed by atoms with Gasteiger partial charge in [-0.15, -0.1) is 0 Å². The summed E-state index contributed by atoms with van der Waals surface area (Å²) in [6.07, 6.45) is -32.7. The minimum absolute atomic E-state index is 0. The number of hydrogen-bond acceptors (Lipinski definition) is 2. The summed E-state index contributed by atoms with van der Waals surface area (Å²) >= 11 is 0. The van der Waals surface area contributed by atoms with E-state index in [0.717, 1.165) is 0 Å². The SMILES string of the molecule is C[N+](C)(C)CCCNS(=O)(=O)CCC(CC(CC(F)(C(F)(F)F)C(F)(F)F)C(F)(F)F)C(F)(F)F.[Cl-]. The second kappa shape index (κ2) is 12.4. The van der Waals surface area contributed by atoms with Crippen molar-refractivity contribution in [2.75, 3.05) is 40.0 Å². The third kappa shape index (κ3) is 12.2. The van der Waals surface area contributed by atoms with Gasteiger partial charge in [0.2, 0.25) is 10.0 Å². The summed E-state index contributed by atoms with van der Waals surface area (Å²) in [5.41, 5.74) is -6.43. The lowest BCUT2D eigenvalue weighted by Crippen LogP contribution is -3.00. The van der Waals surface area contributed by atoms with Crippen molar-refractivity contribution in [1.29, 1.82) is 0 Å². The summed E-state index contributed by atoms with van der Waals surface area (Å²) in [7, 11) is 0.780. The number of sulfonamides is 1. The van der Waals surface area contributed by atoms with Gasteiger partial charge in [0.15, 0.2) is 0 Å². The quantitative estimate of drug-likeness (QED) is 0.211. The van der Waals surface area contributed by atoms with Crippen LogP contribution in [0, 0.1) is 11.8 Å². The van der Waals surface area contributed by atoms with Crippen LogP contribution in [0.2, 0.25) is 0 Å². The monoisotopic (exact) mass is 604 g/mol. The van der Waals surface area contributed by atoms with Gasteiger partial charge in [0.25, 0.3) is 5.67 Å². The van der Waals surface area contributed by atoms with Gasteiger partial charge in [-0.25, -0.2) is 17.5 Å². The first-order valence-electron chi connectivity index (χ1n) is 9.86. The largest absolute Gasteiger partial charge is 1.00 e. The van der Waals surface area contributed by atoms with Crippen LogP contribution in [0.3, 0.4) is 0 Å². The van der Waals surface area contributed by atoms with Gasteiger partial charge in [0, 0.05) is 19.4 Å². The normalized spacial score (nSPS) is 16.4. The van der Waals surface area contributed by atoms with Gasteiger partial charge in [-0.05, 0) is 12.8 Å². The lowest BCUT2D eigenvalue weighted by Gasteiger charge is -2.35. The molecular weight excluding hydrogens is 579 g/mol. The fourth-order valence-corrected chi connectivity index (χ4v) is 4.17. The van der Waals surface area contributed by atoms with Crippen LogP contribution in [-0.4, -0.2) is 83.3 Å². The van der Waals surface area contributed by atoms with Crippen molar-refractivity contribution < 1.29 is 82.4 Å². The highest BCUT2D eigenvalue weighted by Crippen LogP contribution is 2.53. The number of nitrogens with one attached hydrogen (secondary N) is 1. The van der Waals surface area contributed by atoms with E-state index in [1.165, 1.54) is 0 Å². The second-order valence-electron chi connectivity index (χ2n) is 9.08. The summed E-state index contributed by atoms with van der Waals surface area (Å²) in [6.45, 7) is 0.200. The maximum absolute atomic E-state index is 13.8. The van der Waals surface area contributed by atoms with E-state index in [1.807, 2.05) is 4.72 Å². The Hall–Kier alpha value is -0.750. The lowest BCUT2D eigenvalue weighted by atomic mass is 9.83. The molecule has 220 valence electrons. The van der Waals surface area contributed by atoms with Crippen molar-refractivity contribution in [3.05, 3.63) is 0 Å². The Morgan fingerprint density at radius 3 is 1.50 bits per heavy atom. The second-order valence-corrected chi connectivity index (χ2v) is 11.0. The molecule has 2 atom stereocenters. The van der Waals surface area contributed by atoms with E-state index in [1.54, 1.807) is 21.1 Å². The maximum atomic E-state index is 13.8. The molecule has 0 aliphatic rings. The van der Waals surface area contributed by atoms with Gasteiger partial charge >= 0.3 is 24.7 Å². The molecule has 0 radical (unpaired) electrons. The maximum Gasteiger partial charge on any atom is 0.431 e. The fourth-order valence-electron chi connectivity index (χ4n) is 2.97. The van der Waals surface area contributed by atoms with Crippen LogP contribution in [0.4, 0.5) is 57.1 Å². The van der Waals surface area contributed by atoms with Gasteiger partial charge in [-0.3, -0.25) is 0 Å². The van der Waals surface area contributed by atoms with E-state index in [4.69, 9.17) is 0 Å². The van der Waals surface area contributed by atoms with Crippen LogP contribution in [-0.2, 0) is 10.0 Å². The Morgan fingerprint density at radius 2 is 1.17 bits per heavy atom. The molecule has 0 aliphatic carbocycles. The number of halogens is 14. The highest BCUT2D eigenvalue weighted by molar-refractivity contribution is 7.89. The predicted octanol–water partition coefficient (Wildman–Crippen LogP) is 2.37. The third-order valence-corrected chi connectivity index (χ3v) is 6.40. The summed E-state index contributed by atoms with van der Waals surface area (Å²) in [5.74, 6) is -8.71. The summed E-state index contributed by atoms with van der Waals surface area (Å²) in [5, 5.41) is 0. The van der Waals surface area contributed by atoms with Crippen LogP contribution in [0.15, 0.2) is 0 Å². The van der Waals surface area contributed by atoms with E-state index >= 15 is 0 Å². The van der Waals surface area contributed by atoms with Crippen molar-refractivity contribution in [3.8, 4) is 0 Å². The van der Waals surface area contributed by atoms with E-state index in [-0.39, 0.29) is 25.4 Å². The van der Waals surface area contributed by atoms with Gasteiger partial charge in [0.05, 0.1) is 45.3 Å². The highest BCUT2D eigenvalue weighted by Gasteiger charge is 2.74. The lowest BCUT2D eigenvalue weighted by molar-refractivity contribution is -0.870. The predicted molar refractivity (Wildman–Crippen MR) is 98.2 cm³/mol. The number of hydrogen-bond donors (Lipinski definition) is 1. The van der Waals surface area contributed by atoms with Crippen molar-refractivity contribution in [1.82, 2.24) is 4.72 Å². The van der Waals surface area contributed by atoms with E-state index in [2.05, 4.69) is 0 Å². The van der Waals surface area contributed by atoms with Crippen molar-refractivity contribution in [2.45, 2.75) is 56.1 Å². The van der Waals surface area contributed by atoms with Gasteiger partial charge < -0.3 is 16.9 Å². The molecular formula is C17H26ClF13N2O2S. The van der Waals surface area contributed by atoms with Crippen molar-refractivity contribution >= 4 is 10.0 Å². The molecule has 0 aromatic carbocycles. The molecule has 0 fully saturated rings. The summed E-state index contributed by atoms with van der Waals surface area (Å²) in [6, 6.07) is 0. The minimum Gasteiger partial charge on any atom is -1.00 e. The standard InChI is InChI=1S/C17H26F13N2O2S.ClH/c1-32(2,3)7-4-6-31-35(33,34)8-5-11(14(19,20)21)9-12(15(22,23)24)10-13(18,16(25,26)27)17(28,29)30;/h11-12,31H,4-10H2,1-3H3;1H/q+1;/p-1. The van der Waals surface area contributed by atoms with Crippen molar-refractivity contribution in [3.63, 3.8) is 0 Å². The Morgan fingerprint density at radius 1 is 0.750 bits per heavy atom. The first-order chi connectivity index (χ1) is 15.1. The molecule has 4 nitrogen and oxygen atoms in total. The zero-order valence-electron chi connectivity index (χ0n) is 19.1. The van der Waals surface area contributed by atoms with E-state index in [0.29, 0.717) is 11.0 Å². The molecule has 36 heavy (non-hydrogen) atoms. The molecule has 0 spiro atoms. The molecule has 0 rings (SSSR count). The van der Waals surface area contributed by atoms with Gasteiger partial charge in [-0.2, -0.15) is 52.7 Å². The van der Waals surface area contributed by atoms with Gasteiger partial charge in [0.1, 0.15) is 0 Å². The molecule has 0 aromatic heterocycles. The molecule has 0 bridgehead atoms. The Bertz CT molecular complexity index is 758. The molecule has 0 aromatic rings. The number of nitrogens with zero attached hydrogens (tertiary/aromatic N) is 1. The topological polar surface area (TPSA) is 46.2 Å². The molecule has 0 saturated heterocycles. The van der Waals surface area contributed by atoms with Crippen LogP contribution in [0.25, 0.3) is 0 Å². The molecule has 0 amide bonds. The number of alkyl halides is 13. The number of rotatable bonds is 12. The molecule has 0 aliphatic heterocycles. The fraction of sp³-hybridized carbons (Fsp3) is 1.00. The zero-order valence-corrected chi connectivity index (χ0v) is 20.6. The van der Waals surface area contributed by atoms with Crippen LogP contribution < -0.4 is 17.1 Å². The van der Waals surface area contributed by atoms with E-state index < -0.39 is 77.2 Å². The number of quaternary nitrogens is 1. The third-order valence-electron chi connectivity index (χ3n) is 4.98. The highest BCUT2D eigenvalue weighted by atomic mass is 35.5. The van der Waals surface area contributed by atoms with Crippen molar-refractivity contribution in [2.24, 2.45) is 11.8 Å². The summed E-state index contributed by atoms with van der Waals surface area (Å²) < 4.78 is 195. The average molecular weight is 605 g/mol. The first-order valence-corrected chi connectivity index (χ1v) is 11.5. The molecule has 2 unspecified atom stereocenters. The van der Waals surface area contributed by atoms with Gasteiger partial charge in [-0.1, -0.05) is 0 Å². The van der Waals surface area contributed by atoms with Crippen LogP contribution >= 0.6 is 0 Å². The Kier molecular flexibility index (Phi) is 12.9. The molecule has 19 heteroatoms. The Labute approximate surface area is 205 Å². The molecule has 0 saturated carbocycles. The Balaban J connectivity index is 0.